The van der Waals surface area contributed by atoms with Gasteiger partial charge in [-0.2, -0.15) is 0 Å². The Morgan fingerprint density at radius 2 is 1.59 bits per heavy atom. The van der Waals surface area contributed by atoms with Gasteiger partial charge in [-0.05, 0) is 52.8 Å². The molecule has 0 aliphatic rings. The lowest BCUT2D eigenvalue weighted by atomic mass is 10.0. The monoisotopic (exact) mass is 429 g/mol. The molecule has 0 aliphatic carbocycles. The molecule has 0 radical (unpaired) electrons. The van der Waals surface area contributed by atoms with Crippen LogP contribution in [0.25, 0.3) is 11.1 Å². The predicted octanol–water partition coefficient (Wildman–Crippen LogP) is 7.19. The third-order valence-corrected chi connectivity index (χ3v) is 4.34. The van der Waals surface area contributed by atoms with Gasteiger partial charge >= 0.3 is 0 Å². The first-order chi connectivity index (χ1) is 15.5. The molecule has 2 rings (SSSR count). The zero-order valence-electron chi connectivity index (χ0n) is 20.0. The second-order valence-corrected chi connectivity index (χ2v) is 6.68. The van der Waals surface area contributed by atoms with Gasteiger partial charge in [-0.15, -0.1) is 0 Å². The van der Waals surface area contributed by atoms with Crippen molar-refractivity contribution >= 4 is 6.21 Å². The Kier molecular flexibility index (Phi) is 15.6. The van der Waals surface area contributed by atoms with Gasteiger partial charge in [0.25, 0.3) is 0 Å². The van der Waals surface area contributed by atoms with Crippen LogP contribution >= 0.6 is 0 Å². The molecule has 0 atom stereocenters. The van der Waals surface area contributed by atoms with Crippen LogP contribution in [0, 0.1) is 5.41 Å². The molecular formula is C29H39N3. The van der Waals surface area contributed by atoms with E-state index in [-0.39, 0.29) is 0 Å². The van der Waals surface area contributed by atoms with E-state index < -0.39 is 6.17 Å². The lowest BCUT2D eigenvalue weighted by Crippen LogP contribution is -2.31. The highest BCUT2D eigenvalue weighted by Gasteiger charge is 2.01. The van der Waals surface area contributed by atoms with Gasteiger partial charge in [-0.25, -0.2) is 0 Å². The van der Waals surface area contributed by atoms with Crippen molar-refractivity contribution in [2.45, 2.75) is 40.3 Å². The number of nitrogens with two attached hydrogens (primary N) is 2. The van der Waals surface area contributed by atoms with E-state index >= 15 is 0 Å². The Labute approximate surface area is 195 Å². The van der Waals surface area contributed by atoms with Gasteiger partial charge in [0.05, 0.1) is 6.17 Å². The topological polar surface area (TPSA) is 75.9 Å². The normalized spacial score (nSPS) is 11.5. The van der Waals surface area contributed by atoms with Crippen LogP contribution in [0.3, 0.4) is 0 Å². The molecule has 0 heterocycles. The molecule has 0 saturated heterocycles. The van der Waals surface area contributed by atoms with Crippen LogP contribution in [0.1, 0.15) is 39.7 Å². The van der Waals surface area contributed by atoms with Crippen LogP contribution in [0.5, 0.6) is 0 Å². The van der Waals surface area contributed by atoms with Crippen molar-refractivity contribution in [3.63, 3.8) is 0 Å². The smallest absolute Gasteiger partial charge is 0.0744 e. The maximum Gasteiger partial charge on any atom is 0.0744 e. The van der Waals surface area contributed by atoms with E-state index in [2.05, 4.69) is 44.4 Å². The number of rotatable bonds is 8. The fourth-order valence-electron chi connectivity index (χ4n) is 2.67. The summed E-state index contributed by atoms with van der Waals surface area (Å²) in [7, 11) is 0. The van der Waals surface area contributed by atoms with Gasteiger partial charge in [0.15, 0.2) is 0 Å². The Morgan fingerprint density at radius 1 is 0.969 bits per heavy atom. The van der Waals surface area contributed by atoms with Crippen molar-refractivity contribution in [1.82, 2.24) is 0 Å². The molecule has 0 saturated carbocycles. The largest absolute Gasteiger partial charge is 0.313 e. The van der Waals surface area contributed by atoms with Gasteiger partial charge in [-0.3, -0.25) is 0 Å². The van der Waals surface area contributed by atoms with Gasteiger partial charge < -0.3 is 16.9 Å². The van der Waals surface area contributed by atoms with Gasteiger partial charge in [0, 0.05) is 6.21 Å². The van der Waals surface area contributed by atoms with Crippen LogP contribution in [-0.4, -0.2) is 12.4 Å². The molecule has 0 amide bonds. The Balaban J connectivity index is 0.000000559. The highest BCUT2D eigenvalue weighted by Crippen LogP contribution is 2.19. The molecule has 0 fully saturated rings. The SMILES string of the molecule is C=C/C=C(C=C)/C(=C/CC)/C=C(\C)C(N)N.CC.N=Cc1cccc(-c2ccccc2)c1. The molecule has 3 nitrogen and oxygen atoms in total. The van der Waals surface area contributed by atoms with E-state index in [4.69, 9.17) is 16.9 Å². The summed E-state index contributed by atoms with van der Waals surface area (Å²) in [5.41, 5.74) is 17.6. The highest BCUT2D eigenvalue weighted by molar-refractivity contribution is 5.80. The first kappa shape index (κ1) is 28.7. The maximum atomic E-state index is 7.18. The Morgan fingerprint density at radius 3 is 2.09 bits per heavy atom. The molecule has 0 spiro atoms. The Hall–Kier alpha value is -3.27. The van der Waals surface area contributed by atoms with E-state index in [1.165, 1.54) is 11.8 Å². The summed E-state index contributed by atoms with van der Waals surface area (Å²) >= 11 is 0. The summed E-state index contributed by atoms with van der Waals surface area (Å²) in [4.78, 5) is 0. The minimum atomic E-state index is -0.421. The van der Waals surface area contributed by atoms with Crippen molar-refractivity contribution in [3.8, 4) is 11.1 Å². The molecule has 170 valence electrons. The van der Waals surface area contributed by atoms with E-state index in [1.54, 1.807) is 12.2 Å². The fraction of sp³-hybridized carbons (Fsp3) is 0.207. The minimum absolute atomic E-state index is 0.421. The standard InChI is InChI=1S/C14H22N2.C13H11N.C2H6/c1-5-8-12(7-3)13(9-6-2)10-11(4)14(15)16;14-10-11-5-4-8-13(9-11)12-6-2-1-3-7-12;1-2/h5,7-10,14H,1,3,6,15-16H2,2,4H3;1-10,14H;1-2H3/b11-10+,12-8+,13-9+;;. The van der Waals surface area contributed by atoms with Crippen molar-refractivity contribution in [1.29, 1.82) is 5.41 Å². The summed E-state index contributed by atoms with van der Waals surface area (Å²) in [6.07, 6.45) is 11.5. The number of hydrogen-bond acceptors (Lipinski definition) is 3. The second-order valence-electron chi connectivity index (χ2n) is 6.68. The number of allylic oxidation sites excluding steroid dienone is 7. The second kappa shape index (κ2) is 17.4. The minimum Gasteiger partial charge on any atom is -0.313 e. The molecule has 32 heavy (non-hydrogen) atoms. The summed E-state index contributed by atoms with van der Waals surface area (Å²) in [5.74, 6) is 0. The van der Waals surface area contributed by atoms with Crippen LogP contribution in [0.2, 0.25) is 0 Å². The number of hydrogen-bond donors (Lipinski definition) is 3. The van der Waals surface area contributed by atoms with E-state index in [9.17, 15) is 0 Å². The Bertz CT molecular complexity index is 916. The lowest BCUT2D eigenvalue weighted by Gasteiger charge is -2.09. The van der Waals surface area contributed by atoms with Crippen LogP contribution in [0.4, 0.5) is 0 Å². The molecule has 2 aromatic rings. The summed E-state index contributed by atoms with van der Waals surface area (Å²) in [5, 5.41) is 7.18. The lowest BCUT2D eigenvalue weighted by molar-refractivity contribution is 0.816. The molecule has 0 aliphatic heterocycles. The molecule has 3 heteroatoms. The first-order valence-corrected chi connectivity index (χ1v) is 11.0. The molecule has 0 bridgehead atoms. The maximum absolute atomic E-state index is 7.18. The molecule has 2 aromatic carbocycles. The van der Waals surface area contributed by atoms with Crippen LogP contribution in [0.15, 0.2) is 115 Å². The van der Waals surface area contributed by atoms with Gasteiger partial charge in [0.2, 0.25) is 0 Å². The van der Waals surface area contributed by atoms with Crippen molar-refractivity contribution in [3.05, 3.63) is 120 Å². The third kappa shape index (κ3) is 10.7. The average Bonchev–Trinajstić information content (AvgIpc) is 2.84. The fourth-order valence-corrected chi connectivity index (χ4v) is 2.67. The van der Waals surface area contributed by atoms with E-state index in [0.717, 1.165) is 34.3 Å². The van der Waals surface area contributed by atoms with Crippen LogP contribution < -0.4 is 11.5 Å². The zero-order valence-corrected chi connectivity index (χ0v) is 20.0. The van der Waals surface area contributed by atoms with Gasteiger partial charge in [0.1, 0.15) is 0 Å². The average molecular weight is 430 g/mol. The van der Waals surface area contributed by atoms with Crippen molar-refractivity contribution in [2.75, 3.05) is 0 Å². The number of nitrogens with one attached hydrogen (secondary N) is 1. The molecule has 5 N–H and O–H groups in total. The number of benzene rings is 2. The van der Waals surface area contributed by atoms with Crippen molar-refractivity contribution < 1.29 is 0 Å². The third-order valence-electron chi connectivity index (χ3n) is 4.34. The summed E-state index contributed by atoms with van der Waals surface area (Å²) in [6, 6.07) is 18.2. The quantitative estimate of drug-likeness (QED) is 0.236. The molecule has 0 unspecified atom stereocenters. The summed E-state index contributed by atoms with van der Waals surface area (Å²) in [6.45, 7) is 15.5. The highest BCUT2D eigenvalue weighted by atomic mass is 14.8. The van der Waals surface area contributed by atoms with E-state index in [0.29, 0.717) is 0 Å². The molecule has 0 aromatic heterocycles. The summed E-state index contributed by atoms with van der Waals surface area (Å²) < 4.78 is 0. The van der Waals surface area contributed by atoms with Gasteiger partial charge in [-0.1, -0.05) is 113 Å². The first-order valence-electron chi connectivity index (χ1n) is 11.0. The van der Waals surface area contributed by atoms with Crippen molar-refractivity contribution in [2.24, 2.45) is 11.5 Å². The molecular weight excluding hydrogens is 390 g/mol. The van der Waals surface area contributed by atoms with E-state index in [1.807, 2.05) is 69.3 Å². The predicted molar refractivity (Wildman–Crippen MR) is 144 cm³/mol. The zero-order chi connectivity index (χ0) is 24.4. The van der Waals surface area contributed by atoms with Crippen LogP contribution in [-0.2, 0) is 0 Å².